The molecule has 7 heteroatoms. The van der Waals surface area contributed by atoms with Gasteiger partial charge in [0.2, 0.25) is 5.91 Å². The maximum atomic E-state index is 11.7. The molecule has 2 heterocycles. The molecule has 2 aromatic carbocycles. The fraction of sp³-hybridized carbons (Fsp3) is 0.452. The number of rotatable bonds is 3. The summed E-state index contributed by atoms with van der Waals surface area (Å²) < 4.78 is 5.25. The number of fused-ring (bicyclic) bond motifs is 8. The number of benzene rings is 2. The van der Waals surface area contributed by atoms with Gasteiger partial charge in [0.05, 0.1) is 17.8 Å². The predicted molar refractivity (Wildman–Crippen MR) is 196 cm³/mol. The summed E-state index contributed by atoms with van der Waals surface area (Å²) in [7, 11) is 0. The highest BCUT2D eigenvalue weighted by atomic mass is 16.5. The highest BCUT2D eigenvalue weighted by molar-refractivity contribution is 6.07. The monoisotopic (exact) mass is 659 g/mol. The van der Waals surface area contributed by atoms with Crippen LogP contribution < -0.4 is 10.1 Å². The SMILES string of the molecule is C#C[C@]1(O)CC[C@H]2[C@@H]3CCC4=CC(=O)CC[C@@H]4[C@H]3CC[C@@]21C.CCOc1ccc(NC(C)=O)cc1.Cc1nccc2c1[nH]c1ccccc12. The average molecular weight is 660 g/mol. The van der Waals surface area contributed by atoms with Crippen LogP contribution in [0.5, 0.6) is 5.75 Å². The second-order valence-electron chi connectivity index (χ2n) is 14.4. The van der Waals surface area contributed by atoms with Gasteiger partial charge in [-0.25, -0.2) is 0 Å². The van der Waals surface area contributed by atoms with Crippen LogP contribution in [0.25, 0.3) is 21.8 Å². The van der Waals surface area contributed by atoms with E-state index in [9.17, 15) is 14.7 Å². The van der Waals surface area contributed by atoms with Gasteiger partial charge in [0.15, 0.2) is 5.78 Å². The minimum Gasteiger partial charge on any atom is -0.494 e. The molecule has 4 aliphatic carbocycles. The van der Waals surface area contributed by atoms with Crippen molar-refractivity contribution in [3.8, 4) is 18.1 Å². The lowest BCUT2D eigenvalue weighted by atomic mass is 9.50. The molecule has 0 radical (unpaired) electrons. The molecule has 0 saturated heterocycles. The van der Waals surface area contributed by atoms with E-state index < -0.39 is 5.60 Å². The molecule has 3 N–H and O–H groups in total. The summed E-state index contributed by atoms with van der Waals surface area (Å²) in [5.74, 6) is 6.41. The third-order valence-corrected chi connectivity index (χ3v) is 11.8. The topological polar surface area (TPSA) is 104 Å². The smallest absolute Gasteiger partial charge is 0.221 e. The molecular weight excluding hydrogens is 610 g/mol. The van der Waals surface area contributed by atoms with E-state index in [1.807, 2.05) is 56.5 Å². The zero-order valence-corrected chi connectivity index (χ0v) is 29.2. The van der Waals surface area contributed by atoms with Gasteiger partial charge in [-0.1, -0.05) is 36.6 Å². The van der Waals surface area contributed by atoms with Crippen LogP contribution in [0, 0.1) is 48.4 Å². The lowest BCUT2D eigenvalue weighted by Crippen LogP contribution is -2.52. The first-order valence-electron chi connectivity index (χ1n) is 17.8. The summed E-state index contributed by atoms with van der Waals surface area (Å²) >= 11 is 0. The van der Waals surface area contributed by atoms with Crippen LogP contribution in [0.4, 0.5) is 5.69 Å². The van der Waals surface area contributed by atoms with E-state index in [-0.39, 0.29) is 11.3 Å². The number of H-pyrrole nitrogens is 1. The number of anilines is 1. The Hall–Kier alpha value is -4.41. The summed E-state index contributed by atoms with van der Waals surface area (Å²) in [6.07, 6.45) is 17.6. The Balaban J connectivity index is 0.000000135. The van der Waals surface area contributed by atoms with Crippen LogP contribution in [0.1, 0.15) is 77.8 Å². The van der Waals surface area contributed by atoms with Gasteiger partial charge in [-0.2, -0.15) is 0 Å². The van der Waals surface area contributed by atoms with E-state index in [0.717, 1.165) is 67.6 Å². The summed E-state index contributed by atoms with van der Waals surface area (Å²) in [5, 5.41) is 16.1. The first-order valence-corrected chi connectivity index (χ1v) is 17.8. The number of hydrogen-bond donors (Lipinski definition) is 3. The number of ketones is 1. The fourth-order valence-electron chi connectivity index (χ4n) is 9.35. The van der Waals surface area contributed by atoms with Crippen molar-refractivity contribution >= 4 is 39.2 Å². The lowest BCUT2D eigenvalue weighted by Gasteiger charge is -2.54. The number of aryl methyl sites for hydroxylation is 1. The van der Waals surface area contributed by atoms with Gasteiger partial charge in [0, 0.05) is 46.9 Å². The number of ether oxygens (including phenoxy) is 1. The van der Waals surface area contributed by atoms with Crippen LogP contribution in [0.3, 0.4) is 0 Å². The van der Waals surface area contributed by atoms with Crippen molar-refractivity contribution in [3.05, 3.63) is 78.1 Å². The Bertz CT molecular complexity index is 1900. The van der Waals surface area contributed by atoms with Gasteiger partial charge < -0.3 is 20.1 Å². The molecule has 0 bridgehead atoms. The van der Waals surface area contributed by atoms with Crippen LogP contribution in [0.15, 0.2) is 72.4 Å². The van der Waals surface area contributed by atoms with Gasteiger partial charge in [0.1, 0.15) is 11.4 Å². The number of carbonyl (C=O) groups excluding carboxylic acids is 2. The number of amides is 1. The minimum atomic E-state index is -0.902. The van der Waals surface area contributed by atoms with Gasteiger partial charge >= 0.3 is 0 Å². The second kappa shape index (κ2) is 14.2. The molecule has 6 atom stereocenters. The van der Waals surface area contributed by atoms with E-state index in [1.165, 1.54) is 35.2 Å². The number of terminal acetylenes is 1. The Kier molecular flexibility index (Phi) is 9.99. The molecule has 0 unspecified atom stereocenters. The van der Waals surface area contributed by atoms with Gasteiger partial charge in [0.25, 0.3) is 0 Å². The summed E-state index contributed by atoms with van der Waals surface area (Å²) in [4.78, 5) is 30.0. The first-order chi connectivity index (χ1) is 23.6. The number of nitrogens with zero attached hydrogens (tertiary/aromatic N) is 1. The van der Waals surface area contributed by atoms with Crippen LogP contribution in [-0.2, 0) is 9.59 Å². The molecule has 256 valence electrons. The Labute approximate surface area is 289 Å². The first kappa shape index (κ1) is 34.5. The third kappa shape index (κ3) is 6.76. The Morgan fingerprint density at radius 2 is 1.82 bits per heavy atom. The van der Waals surface area contributed by atoms with Gasteiger partial charge in [-0.05, 0) is 125 Å². The molecule has 49 heavy (non-hydrogen) atoms. The number of pyridine rings is 1. The Morgan fingerprint density at radius 3 is 2.55 bits per heavy atom. The van der Waals surface area contributed by atoms with E-state index in [4.69, 9.17) is 11.2 Å². The largest absolute Gasteiger partial charge is 0.494 e. The Morgan fingerprint density at radius 1 is 1.04 bits per heavy atom. The number of aromatic nitrogens is 2. The van der Waals surface area contributed by atoms with Crippen molar-refractivity contribution in [1.29, 1.82) is 0 Å². The van der Waals surface area contributed by atoms with Gasteiger partial charge in [-0.3, -0.25) is 14.6 Å². The van der Waals surface area contributed by atoms with Crippen LogP contribution in [-0.4, -0.2) is 39.0 Å². The van der Waals surface area contributed by atoms with Crippen molar-refractivity contribution in [2.45, 2.75) is 84.7 Å². The molecule has 7 nitrogen and oxygen atoms in total. The molecule has 3 fully saturated rings. The molecule has 0 aliphatic heterocycles. The molecule has 8 rings (SSSR count). The second-order valence-corrected chi connectivity index (χ2v) is 14.4. The van der Waals surface area contributed by atoms with Crippen molar-refractivity contribution in [1.82, 2.24) is 9.97 Å². The maximum Gasteiger partial charge on any atom is 0.221 e. The van der Waals surface area contributed by atoms with Gasteiger partial charge in [-0.15, -0.1) is 6.42 Å². The molecule has 2 aromatic heterocycles. The molecule has 1 amide bonds. The van der Waals surface area contributed by atoms with E-state index in [0.29, 0.717) is 36.1 Å². The highest BCUT2D eigenvalue weighted by Crippen LogP contribution is 2.64. The van der Waals surface area contributed by atoms with Crippen LogP contribution in [0.2, 0.25) is 0 Å². The zero-order chi connectivity index (χ0) is 34.8. The number of nitrogens with one attached hydrogen (secondary N) is 2. The third-order valence-electron chi connectivity index (χ3n) is 11.8. The van der Waals surface area contributed by atoms with Crippen LogP contribution >= 0.6 is 0 Å². The fourth-order valence-corrected chi connectivity index (χ4v) is 9.35. The summed E-state index contributed by atoms with van der Waals surface area (Å²) in [5.41, 5.74) is 4.59. The van der Waals surface area contributed by atoms with E-state index >= 15 is 0 Å². The molecule has 4 aromatic rings. The number of hydrogen-bond acceptors (Lipinski definition) is 5. The van der Waals surface area contributed by atoms with Crippen molar-refractivity contribution < 1.29 is 19.4 Å². The maximum absolute atomic E-state index is 11.7. The lowest BCUT2D eigenvalue weighted by molar-refractivity contribution is -0.116. The average Bonchev–Trinajstić information content (AvgIpc) is 3.61. The van der Waals surface area contributed by atoms with E-state index in [2.05, 4.69) is 52.4 Å². The number of para-hydroxylation sites is 1. The van der Waals surface area contributed by atoms with Crippen molar-refractivity contribution in [2.24, 2.45) is 29.1 Å². The zero-order valence-electron chi connectivity index (χ0n) is 29.2. The standard InChI is InChI=1S/C20H26O2.C12H10N2.C10H13NO2/c1-3-20(22)11-9-18-17-6-4-13-12-14(21)5-7-15(13)16(17)8-10-19(18,20)2;1-8-12-10(6-7-13-8)9-4-2-3-5-11(9)14-12;1-3-13-10-6-4-9(5-7-10)11-8(2)12/h1,12,15-18,22H,4-11H2,2H3;2-7,14H,1H3;4-7H,3H2,1-2H3,(H,11,12)/t15-,16+,17+,18-,19-,20-;;/m0../s1. The number of carbonyl (C=O) groups is 2. The molecule has 0 spiro atoms. The normalized spacial score (nSPS) is 28.3. The number of aromatic amines is 1. The highest BCUT2D eigenvalue weighted by Gasteiger charge is 2.61. The predicted octanol–water partition coefficient (Wildman–Crippen LogP) is 8.56. The number of allylic oxidation sites excluding steroid dienone is 1. The summed E-state index contributed by atoms with van der Waals surface area (Å²) in [6.45, 7) is 8.33. The molecule has 4 aliphatic rings. The number of aliphatic hydroxyl groups is 1. The van der Waals surface area contributed by atoms with Crippen molar-refractivity contribution in [2.75, 3.05) is 11.9 Å². The molecule has 3 saturated carbocycles. The quantitative estimate of drug-likeness (QED) is 0.191. The minimum absolute atomic E-state index is 0.0656. The molecular formula is C42H49N3O4. The van der Waals surface area contributed by atoms with Crippen molar-refractivity contribution in [3.63, 3.8) is 0 Å². The van der Waals surface area contributed by atoms with E-state index in [1.54, 1.807) is 0 Å². The summed E-state index contributed by atoms with van der Waals surface area (Å²) in [6, 6.07) is 17.7.